The molecule has 0 saturated carbocycles. The van der Waals surface area contributed by atoms with E-state index in [9.17, 15) is 0 Å². The van der Waals surface area contributed by atoms with Gasteiger partial charge < -0.3 is 49.5 Å². The zero-order valence-electron chi connectivity index (χ0n) is 43.9. The van der Waals surface area contributed by atoms with Crippen LogP contribution in [0.1, 0.15) is 42.0 Å². The van der Waals surface area contributed by atoms with E-state index in [4.69, 9.17) is 34.4 Å². The standard InChI is InChI=1S/C68H63N9/c1-40-30-46(70)33-50(31-40)77(51-34-61(71)41(2)62(72)35-51)48-22-16-43(17-23-48)58-38-57(42-12-7-5-8-13-42)53-24-25-55-59(39-60(68(3)28-9-6-10-29-68)56-27-26-54(58)65(53)66(55)56)44-18-20-47(21-19-44)76(49-15-11-14-45(69)32-49)52-36-63(73)67(74)64(37-52)75-4/h5-20,22-28,30-39,47,75H,21,29,69-74H2,1-4H3. The summed E-state index contributed by atoms with van der Waals surface area (Å²) >= 11 is 0. The maximum Gasteiger partial charge on any atom is 0.0784 e. The van der Waals surface area contributed by atoms with E-state index in [2.05, 4.69) is 181 Å². The first-order valence-electron chi connectivity index (χ1n) is 26.3. The van der Waals surface area contributed by atoms with Gasteiger partial charge in [-0.1, -0.05) is 122 Å². The predicted molar refractivity (Wildman–Crippen MR) is 332 cm³/mol. The highest BCUT2D eigenvalue weighted by Crippen LogP contribution is 2.50. The molecule has 0 spiro atoms. The van der Waals surface area contributed by atoms with Crippen LogP contribution in [0.3, 0.4) is 0 Å². The molecule has 0 aliphatic heterocycles. The molecule has 9 heteroatoms. The molecule has 0 amide bonds. The van der Waals surface area contributed by atoms with Gasteiger partial charge in [-0.3, -0.25) is 0 Å². The normalized spacial score (nSPS) is 16.1. The second-order valence-corrected chi connectivity index (χ2v) is 21.1. The summed E-state index contributed by atoms with van der Waals surface area (Å²) in [5, 5.41) is 10.6. The number of nitrogens with one attached hydrogen (secondary N) is 1. The molecule has 380 valence electrons. The fourth-order valence-corrected chi connectivity index (χ4v) is 12.0. The molecule has 2 aliphatic carbocycles. The molecule has 0 radical (unpaired) electrons. The molecule has 77 heavy (non-hydrogen) atoms. The van der Waals surface area contributed by atoms with Crippen molar-refractivity contribution in [2.24, 2.45) is 0 Å². The highest BCUT2D eigenvalue weighted by molar-refractivity contribution is 6.30. The molecule has 0 heterocycles. The van der Waals surface area contributed by atoms with Crippen LogP contribution in [0.2, 0.25) is 0 Å². The summed E-state index contributed by atoms with van der Waals surface area (Å²) in [5.41, 5.74) is 58.1. The Bertz CT molecular complexity index is 4050. The lowest BCUT2D eigenvalue weighted by Crippen LogP contribution is -2.30. The fourth-order valence-electron chi connectivity index (χ4n) is 12.0. The summed E-state index contributed by atoms with van der Waals surface area (Å²) in [7, 11) is 1.86. The minimum atomic E-state index is -0.251. The topological polar surface area (TPSA) is 175 Å². The molecule has 2 unspecified atom stereocenters. The summed E-state index contributed by atoms with van der Waals surface area (Å²) < 4.78 is 0. The Balaban J connectivity index is 1.04. The van der Waals surface area contributed by atoms with Gasteiger partial charge in [-0.25, -0.2) is 0 Å². The number of nitrogens with zero attached hydrogens (tertiary/aromatic N) is 2. The van der Waals surface area contributed by atoms with E-state index in [1.807, 2.05) is 62.5 Å². The van der Waals surface area contributed by atoms with Crippen molar-refractivity contribution < 1.29 is 0 Å². The smallest absolute Gasteiger partial charge is 0.0784 e. The first-order valence-corrected chi connectivity index (χ1v) is 26.3. The number of nitrogens with two attached hydrogens (primary N) is 6. The summed E-state index contributed by atoms with van der Waals surface area (Å²) in [6, 6.07) is 56.0. The van der Waals surface area contributed by atoms with Gasteiger partial charge in [0.15, 0.2) is 0 Å². The Morgan fingerprint density at radius 3 is 1.84 bits per heavy atom. The van der Waals surface area contributed by atoms with Gasteiger partial charge in [0.2, 0.25) is 0 Å². The molecule has 12 rings (SSSR count). The molecule has 10 aromatic carbocycles. The molecule has 2 atom stereocenters. The van der Waals surface area contributed by atoms with Crippen molar-refractivity contribution in [1.29, 1.82) is 0 Å². The quantitative estimate of drug-likeness (QED) is 0.0491. The van der Waals surface area contributed by atoms with E-state index in [1.54, 1.807) is 0 Å². The predicted octanol–water partition coefficient (Wildman–Crippen LogP) is 15.9. The summed E-state index contributed by atoms with van der Waals surface area (Å²) in [6.45, 7) is 6.38. The highest BCUT2D eigenvalue weighted by atomic mass is 15.2. The molecule has 0 saturated heterocycles. The van der Waals surface area contributed by atoms with E-state index in [0.717, 1.165) is 74.8 Å². The zero-order chi connectivity index (χ0) is 53.3. The van der Waals surface area contributed by atoms with E-state index in [0.29, 0.717) is 34.1 Å². The Kier molecular flexibility index (Phi) is 11.9. The molecule has 0 bridgehead atoms. The van der Waals surface area contributed by atoms with Crippen molar-refractivity contribution >= 4 is 106 Å². The van der Waals surface area contributed by atoms with Gasteiger partial charge in [-0.2, -0.15) is 0 Å². The lowest BCUT2D eigenvalue weighted by molar-refractivity contribution is 0.605. The van der Waals surface area contributed by atoms with Crippen LogP contribution in [0.4, 0.5) is 68.2 Å². The summed E-state index contributed by atoms with van der Waals surface area (Å²) in [6.07, 6.45) is 17.7. The van der Waals surface area contributed by atoms with E-state index in [1.165, 1.54) is 54.6 Å². The zero-order valence-corrected chi connectivity index (χ0v) is 43.9. The van der Waals surface area contributed by atoms with Crippen LogP contribution >= 0.6 is 0 Å². The summed E-state index contributed by atoms with van der Waals surface area (Å²) in [5.74, 6) is 0. The second kappa shape index (κ2) is 19.0. The molecule has 13 N–H and O–H groups in total. The molecule has 9 nitrogen and oxygen atoms in total. The summed E-state index contributed by atoms with van der Waals surface area (Å²) in [4.78, 5) is 4.48. The van der Waals surface area contributed by atoms with Crippen molar-refractivity contribution in [2.75, 3.05) is 56.6 Å². The molecular weight excluding hydrogens is 943 g/mol. The lowest BCUT2D eigenvalue weighted by atomic mass is 9.72. The minimum absolute atomic E-state index is 0.0472. The van der Waals surface area contributed by atoms with E-state index in [-0.39, 0.29) is 11.5 Å². The van der Waals surface area contributed by atoms with Crippen LogP contribution in [0.25, 0.3) is 60.1 Å². The third-order valence-corrected chi connectivity index (χ3v) is 16.0. The van der Waals surface area contributed by atoms with Crippen LogP contribution in [0, 0.1) is 13.8 Å². The molecular formula is C68H63N9. The first-order chi connectivity index (χ1) is 37.3. The van der Waals surface area contributed by atoms with Gasteiger partial charge in [0.05, 0.1) is 28.8 Å². The van der Waals surface area contributed by atoms with Crippen LogP contribution in [0.5, 0.6) is 0 Å². The number of aryl methyl sites for hydroxylation is 1. The van der Waals surface area contributed by atoms with Crippen LogP contribution in [-0.4, -0.2) is 13.1 Å². The Morgan fingerprint density at radius 1 is 0.545 bits per heavy atom. The molecule has 0 aromatic heterocycles. The number of anilines is 12. The third-order valence-electron chi connectivity index (χ3n) is 16.0. The largest absolute Gasteiger partial charge is 0.399 e. The maximum atomic E-state index is 6.58. The molecule has 2 aliphatic rings. The van der Waals surface area contributed by atoms with Crippen LogP contribution in [0.15, 0.2) is 200 Å². The Hall–Kier alpha value is -9.60. The van der Waals surface area contributed by atoms with Gasteiger partial charge in [0.1, 0.15) is 0 Å². The van der Waals surface area contributed by atoms with Crippen molar-refractivity contribution in [3.8, 4) is 22.3 Å². The number of nitrogen functional groups attached to an aromatic ring is 6. The van der Waals surface area contributed by atoms with Crippen molar-refractivity contribution in [1.82, 2.24) is 0 Å². The van der Waals surface area contributed by atoms with E-state index >= 15 is 0 Å². The first kappa shape index (κ1) is 48.3. The van der Waals surface area contributed by atoms with Gasteiger partial charge in [0.25, 0.3) is 0 Å². The number of benzene rings is 10. The Labute approximate surface area is 450 Å². The second-order valence-electron chi connectivity index (χ2n) is 21.1. The van der Waals surface area contributed by atoms with Crippen molar-refractivity contribution in [3.63, 3.8) is 0 Å². The number of hydrogen-bond donors (Lipinski definition) is 7. The fraction of sp³-hybridized carbons (Fsp3) is 0.118. The number of rotatable bonds is 11. The maximum absolute atomic E-state index is 6.58. The van der Waals surface area contributed by atoms with Crippen LogP contribution < -0.4 is 49.5 Å². The van der Waals surface area contributed by atoms with Crippen LogP contribution in [-0.2, 0) is 5.41 Å². The number of allylic oxidation sites excluding steroid dienone is 6. The highest BCUT2D eigenvalue weighted by Gasteiger charge is 2.31. The third kappa shape index (κ3) is 8.46. The van der Waals surface area contributed by atoms with Gasteiger partial charge in [-0.15, -0.1) is 0 Å². The van der Waals surface area contributed by atoms with E-state index < -0.39 is 0 Å². The average molecular weight is 1010 g/mol. The lowest BCUT2D eigenvalue weighted by Gasteiger charge is -2.34. The average Bonchev–Trinajstić information content (AvgIpc) is 3.58. The van der Waals surface area contributed by atoms with Gasteiger partial charge >= 0.3 is 0 Å². The number of hydrogen-bond acceptors (Lipinski definition) is 9. The van der Waals surface area contributed by atoms with Gasteiger partial charge in [-0.05, 0) is 194 Å². The molecule has 0 fully saturated rings. The monoisotopic (exact) mass is 1010 g/mol. The Morgan fingerprint density at radius 2 is 1.19 bits per heavy atom. The molecule has 10 aromatic rings. The van der Waals surface area contributed by atoms with Gasteiger partial charge in [0, 0.05) is 58.0 Å². The SMILES string of the molecule is CNc1cc(N(c2cccc(N)c2)C2C=CC(c3cc(C4(C)C=CC=CC4)c4ccc5c(-c6ccc(N(c7cc(C)cc(N)c7)c7cc(N)c(C)c(N)c7)cc6)cc(-c6ccccc6)c6ccc3c4c65)=CC2)cc(N)c1N. The van der Waals surface area contributed by atoms with Crippen molar-refractivity contribution in [2.45, 2.75) is 45.1 Å². The van der Waals surface area contributed by atoms with Crippen molar-refractivity contribution in [3.05, 3.63) is 223 Å². The minimum Gasteiger partial charge on any atom is -0.399 e.